The summed E-state index contributed by atoms with van der Waals surface area (Å²) in [5.41, 5.74) is 0. The first-order valence-corrected chi connectivity index (χ1v) is 4.70. The minimum atomic E-state index is -0.245. The zero-order valence-corrected chi connectivity index (χ0v) is 8.31. The van der Waals surface area contributed by atoms with Crippen LogP contribution in [0.1, 0.15) is 19.3 Å². The van der Waals surface area contributed by atoms with Gasteiger partial charge in [0.05, 0.1) is 12.4 Å². The van der Waals surface area contributed by atoms with Gasteiger partial charge in [-0.2, -0.15) is 12.6 Å². The fourth-order valence-corrected chi connectivity index (χ4v) is 0.848. The highest BCUT2D eigenvalue weighted by molar-refractivity contribution is 7.81. The van der Waals surface area contributed by atoms with Crippen LogP contribution in [0.4, 0.5) is 0 Å². The van der Waals surface area contributed by atoms with Gasteiger partial charge >= 0.3 is 5.97 Å². The van der Waals surface area contributed by atoms with Crippen LogP contribution in [0.2, 0.25) is 0 Å². The van der Waals surface area contributed by atoms with E-state index in [9.17, 15) is 4.79 Å². The Labute approximate surface area is 78.8 Å². The quantitative estimate of drug-likeness (QED) is 0.375. The molecule has 0 spiro atoms. The van der Waals surface area contributed by atoms with Gasteiger partial charge in [-0.3, -0.25) is 4.79 Å². The van der Waals surface area contributed by atoms with Crippen molar-refractivity contribution in [2.45, 2.75) is 19.3 Å². The van der Waals surface area contributed by atoms with Crippen molar-refractivity contribution in [2.75, 3.05) is 26.1 Å². The second-order valence-corrected chi connectivity index (χ2v) is 2.75. The lowest BCUT2D eigenvalue weighted by Crippen LogP contribution is -2.06. The highest BCUT2D eigenvalue weighted by atomic mass is 32.1. The Morgan fingerprint density at radius 2 is 1.92 bits per heavy atom. The van der Waals surface area contributed by atoms with Crippen molar-refractivity contribution < 1.29 is 14.3 Å². The van der Waals surface area contributed by atoms with Gasteiger partial charge in [-0.15, -0.1) is 0 Å². The van der Waals surface area contributed by atoms with Crippen molar-refractivity contribution in [3.05, 3.63) is 0 Å². The summed E-state index contributed by atoms with van der Waals surface area (Å²) < 4.78 is 9.69. The summed E-state index contributed by atoms with van der Waals surface area (Å²) in [4.78, 5) is 10.6. The first kappa shape index (κ1) is 11.8. The summed E-state index contributed by atoms with van der Waals surface area (Å²) in [5.74, 6) is -0.0805. The maximum Gasteiger partial charge on any atom is 0.315 e. The molecule has 0 amide bonds. The van der Waals surface area contributed by atoms with E-state index in [0.29, 0.717) is 6.61 Å². The number of rotatable bonds is 7. The number of unbranched alkanes of at least 4 members (excludes halogenated alkanes) is 2. The molecule has 0 heterocycles. The van der Waals surface area contributed by atoms with E-state index in [1.54, 1.807) is 7.11 Å². The molecule has 3 nitrogen and oxygen atoms in total. The third kappa shape index (κ3) is 7.88. The summed E-state index contributed by atoms with van der Waals surface area (Å²) in [6, 6.07) is 0. The fraction of sp³-hybridized carbons (Fsp3) is 0.875. The predicted molar refractivity (Wildman–Crippen MR) is 50.5 cm³/mol. The monoisotopic (exact) mass is 192 g/mol. The molecule has 0 aromatic heterocycles. The maximum absolute atomic E-state index is 10.6. The van der Waals surface area contributed by atoms with Gasteiger partial charge in [-0.05, 0) is 19.3 Å². The van der Waals surface area contributed by atoms with Gasteiger partial charge in [-0.1, -0.05) is 0 Å². The SMILES string of the molecule is COCCCCCOC(=O)CS. The van der Waals surface area contributed by atoms with Crippen LogP contribution in [0.25, 0.3) is 0 Å². The number of hydrogen-bond donors (Lipinski definition) is 1. The van der Waals surface area contributed by atoms with E-state index in [0.717, 1.165) is 25.9 Å². The van der Waals surface area contributed by atoms with Crippen LogP contribution in [0.3, 0.4) is 0 Å². The molecular formula is C8H16O3S. The molecule has 12 heavy (non-hydrogen) atoms. The molecule has 0 saturated heterocycles. The summed E-state index contributed by atoms with van der Waals surface area (Å²) >= 11 is 3.78. The van der Waals surface area contributed by atoms with Crippen molar-refractivity contribution in [1.82, 2.24) is 0 Å². The number of thiol groups is 1. The minimum Gasteiger partial charge on any atom is -0.465 e. The van der Waals surface area contributed by atoms with Crippen LogP contribution in [0.15, 0.2) is 0 Å². The molecule has 4 heteroatoms. The van der Waals surface area contributed by atoms with E-state index in [1.807, 2.05) is 0 Å². The van der Waals surface area contributed by atoms with E-state index < -0.39 is 0 Å². The zero-order valence-electron chi connectivity index (χ0n) is 7.41. The van der Waals surface area contributed by atoms with E-state index >= 15 is 0 Å². The molecule has 0 aliphatic rings. The van der Waals surface area contributed by atoms with Crippen molar-refractivity contribution in [1.29, 1.82) is 0 Å². The van der Waals surface area contributed by atoms with Crippen LogP contribution in [-0.4, -0.2) is 32.0 Å². The Balaban J connectivity index is 2.95. The molecule has 0 fully saturated rings. The van der Waals surface area contributed by atoms with Gasteiger partial charge < -0.3 is 9.47 Å². The highest BCUT2D eigenvalue weighted by Gasteiger charge is 1.97. The summed E-state index contributed by atoms with van der Waals surface area (Å²) in [6.45, 7) is 1.28. The topological polar surface area (TPSA) is 35.5 Å². The Kier molecular flexibility index (Phi) is 8.71. The first-order valence-electron chi connectivity index (χ1n) is 4.06. The summed E-state index contributed by atoms with van der Waals surface area (Å²) in [6.07, 6.45) is 2.96. The average Bonchev–Trinajstić information content (AvgIpc) is 2.10. The first-order chi connectivity index (χ1) is 5.81. The average molecular weight is 192 g/mol. The second-order valence-electron chi connectivity index (χ2n) is 2.43. The van der Waals surface area contributed by atoms with Crippen molar-refractivity contribution in [3.63, 3.8) is 0 Å². The highest BCUT2D eigenvalue weighted by Crippen LogP contribution is 1.96. The van der Waals surface area contributed by atoms with Gasteiger partial charge in [0.2, 0.25) is 0 Å². The standard InChI is InChI=1S/C8H16O3S/c1-10-5-3-2-4-6-11-8(9)7-12/h12H,2-7H2,1H3. The molecule has 0 atom stereocenters. The molecule has 0 radical (unpaired) electrons. The van der Waals surface area contributed by atoms with Gasteiger partial charge in [0.25, 0.3) is 0 Å². The Bertz CT molecular complexity index is 117. The fourth-order valence-electron chi connectivity index (χ4n) is 0.757. The van der Waals surface area contributed by atoms with Crippen LogP contribution in [0, 0.1) is 0 Å². The molecule has 0 aromatic rings. The largest absolute Gasteiger partial charge is 0.465 e. The third-order valence-corrected chi connectivity index (χ3v) is 1.64. The van der Waals surface area contributed by atoms with Crippen LogP contribution < -0.4 is 0 Å². The number of carbonyl (C=O) groups excluding carboxylic acids is 1. The molecule has 0 N–H and O–H groups in total. The molecule has 0 rings (SSSR count). The van der Waals surface area contributed by atoms with E-state index in [-0.39, 0.29) is 11.7 Å². The van der Waals surface area contributed by atoms with E-state index in [2.05, 4.69) is 12.6 Å². The van der Waals surface area contributed by atoms with Gasteiger partial charge in [0.15, 0.2) is 0 Å². The second kappa shape index (κ2) is 8.87. The van der Waals surface area contributed by atoms with Crippen LogP contribution in [-0.2, 0) is 14.3 Å². The number of ether oxygens (including phenoxy) is 2. The zero-order chi connectivity index (χ0) is 9.23. The summed E-state index contributed by atoms with van der Waals surface area (Å²) in [5, 5.41) is 0. The Morgan fingerprint density at radius 3 is 2.50 bits per heavy atom. The number of carbonyl (C=O) groups is 1. The molecule has 0 aliphatic heterocycles. The van der Waals surface area contributed by atoms with Crippen LogP contribution in [0.5, 0.6) is 0 Å². The number of methoxy groups -OCH3 is 1. The van der Waals surface area contributed by atoms with Crippen molar-refractivity contribution in [2.24, 2.45) is 0 Å². The molecule has 0 saturated carbocycles. The normalized spacial score (nSPS) is 9.83. The lowest BCUT2D eigenvalue weighted by molar-refractivity contribution is -0.140. The van der Waals surface area contributed by atoms with Gasteiger partial charge in [0, 0.05) is 13.7 Å². The maximum atomic E-state index is 10.6. The Hall–Kier alpha value is -0.220. The number of esters is 1. The molecule has 72 valence electrons. The lowest BCUT2D eigenvalue weighted by Gasteiger charge is -2.02. The molecule has 0 aromatic carbocycles. The third-order valence-electron chi connectivity index (χ3n) is 1.38. The number of hydrogen-bond acceptors (Lipinski definition) is 4. The van der Waals surface area contributed by atoms with E-state index in [4.69, 9.17) is 9.47 Å². The smallest absolute Gasteiger partial charge is 0.315 e. The van der Waals surface area contributed by atoms with Crippen molar-refractivity contribution >= 4 is 18.6 Å². The van der Waals surface area contributed by atoms with E-state index in [1.165, 1.54) is 0 Å². The van der Waals surface area contributed by atoms with Gasteiger partial charge in [-0.25, -0.2) is 0 Å². The molecular weight excluding hydrogens is 176 g/mol. The lowest BCUT2D eigenvalue weighted by atomic mass is 10.2. The van der Waals surface area contributed by atoms with Crippen LogP contribution >= 0.6 is 12.6 Å². The molecule has 0 bridgehead atoms. The predicted octanol–water partition coefficient (Wildman–Crippen LogP) is 1.28. The summed E-state index contributed by atoms with van der Waals surface area (Å²) in [7, 11) is 1.68. The van der Waals surface area contributed by atoms with Gasteiger partial charge in [0.1, 0.15) is 0 Å². The molecule has 0 aliphatic carbocycles. The van der Waals surface area contributed by atoms with Crippen molar-refractivity contribution in [3.8, 4) is 0 Å². The molecule has 0 unspecified atom stereocenters. The minimum absolute atomic E-state index is 0.165. The Morgan fingerprint density at radius 1 is 1.25 bits per heavy atom.